The highest BCUT2D eigenvalue weighted by Gasteiger charge is 2.32. The van der Waals surface area contributed by atoms with Crippen LogP contribution in [0.15, 0.2) is 4.47 Å². The van der Waals surface area contributed by atoms with Crippen molar-refractivity contribution in [3.05, 3.63) is 21.1 Å². The second-order valence-corrected chi connectivity index (χ2v) is 6.95. The van der Waals surface area contributed by atoms with Crippen LogP contribution < -0.4 is 0 Å². The molecule has 0 radical (unpaired) electrons. The molecule has 4 nitrogen and oxygen atoms in total. The average Bonchev–Trinajstić information content (AvgIpc) is 3.26. The van der Waals surface area contributed by atoms with Gasteiger partial charge in [-0.1, -0.05) is 11.6 Å². The van der Waals surface area contributed by atoms with E-state index in [0.717, 1.165) is 35.7 Å². The summed E-state index contributed by atoms with van der Waals surface area (Å²) in [6, 6.07) is 0.509. The highest BCUT2D eigenvalue weighted by molar-refractivity contribution is 9.10. The van der Waals surface area contributed by atoms with Crippen LogP contribution in [-0.2, 0) is 4.74 Å². The van der Waals surface area contributed by atoms with Gasteiger partial charge >= 0.3 is 0 Å². The fourth-order valence-electron chi connectivity index (χ4n) is 2.52. The molecule has 1 aliphatic heterocycles. The molecule has 20 heavy (non-hydrogen) atoms. The third kappa shape index (κ3) is 3.01. The Morgan fingerprint density at radius 1 is 1.35 bits per heavy atom. The number of aromatic nitrogens is 2. The number of morpholine rings is 1. The van der Waals surface area contributed by atoms with E-state index in [1.807, 2.05) is 0 Å². The Labute approximate surface area is 133 Å². The minimum atomic E-state index is -0.0748. The van der Waals surface area contributed by atoms with Crippen molar-refractivity contribution in [3.63, 3.8) is 0 Å². The first-order chi connectivity index (χ1) is 9.56. The van der Waals surface area contributed by atoms with Crippen molar-refractivity contribution < 1.29 is 4.74 Å². The summed E-state index contributed by atoms with van der Waals surface area (Å²) < 4.78 is 6.70. The standard InChI is InChI=1S/C14H19BrClN3O/c1-8(2)19-5-6-20-10(7-19)14-17-12(9-3-4-9)11(15)13(16)18-14/h8-10H,3-7H2,1-2H3. The number of hydrogen-bond donors (Lipinski definition) is 0. The van der Waals surface area contributed by atoms with Gasteiger partial charge in [0.05, 0.1) is 16.8 Å². The summed E-state index contributed by atoms with van der Waals surface area (Å²) >= 11 is 9.75. The number of rotatable bonds is 3. The van der Waals surface area contributed by atoms with Crippen LogP contribution in [0.3, 0.4) is 0 Å². The van der Waals surface area contributed by atoms with Crippen molar-refractivity contribution in [2.75, 3.05) is 19.7 Å². The van der Waals surface area contributed by atoms with Gasteiger partial charge < -0.3 is 4.74 Å². The molecule has 2 fully saturated rings. The van der Waals surface area contributed by atoms with E-state index in [0.29, 0.717) is 17.1 Å². The molecule has 0 amide bonds. The Bertz CT molecular complexity index is 507. The number of ether oxygens (including phenoxy) is 1. The van der Waals surface area contributed by atoms with Crippen LogP contribution in [0.1, 0.15) is 50.2 Å². The summed E-state index contributed by atoms with van der Waals surface area (Å²) in [5.74, 6) is 1.26. The van der Waals surface area contributed by atoms with Crippen molar-refractivity contribution in [3.8, 4) is 0 Å². The zero-order valence-corrected chi connectivity index (χ0v) is 14.1. The van der Waals surface area contributed by atoms with Crippen LogP contribution in [-0.4, -0.2) is 40.6 Å². The molecule has 2 heterocycles. The summed E-state index contributed by atoms with van der Waals surface area (Å²) in [7, 11) is 0. The van der Waals surface area contributed by atoms with Crippen molar-refractivity contribution in [2.24, 2.45) is 0 Å². The Kier molecular flexibility index (Phi) is 4.32. The van der Waals surface area contributed by atoms with Crippen LogP contribution in [0.4, 0.5) is 0 Å². The molecule has 3 rings (SSSR count). The Balaban J connectivity index is 1.86. The Morgan fingerprint density at radius 3 is 2.75 bits per heavy atom. The molecule has 6 heteroatoms. The first-order valence-electron chi connectivity index (χ1n) is 7.14. The van der Waals surface area contributed by atoms with Gasteiger partial charge in [0.1, 0.15) is 11.3 Å². The second-order valence-electron chi connectivity index (χ2n) is 5.79. The number of nitrogens with zero attached hydrogens (tertiary/aromatic N) is 3. The summed E-state index contributed by atoms with van der Waals surface area (Å²) in [4.78, 5) is 11.5. The van der Waals surface area contributed by atoms with E-state index >= 15 is 0 Å². The lowest BCUT2D eigenvalue weighted by Gasteiger charge is -2.34. The van der Waals surface area contributed by atoms with Gasteiger partial charge in [-0.05, 0) is 42.6 Å². The normalized spacial score (nSPS) is 24.4. The molecule has 1 atom stereocenters. The average molecular weight is 361 g/mol. The zero-order chi connectivity index (χ0) is 14.3. The highest BCUT2D eigenvalue weighted by atomic mass is 79.9. The Morgan fingerprint density at radius 2 is 2.10 bits per heavy atom. The molecule has 1 aromatic heterocycles. The molecule has 0 bridgehead atoms. The molecule has 1 saturated carbocycles. The largest absolute Gasteiger partial charge is 0.368 e. The van der Waals surface area contributed by atoms with E-state index in [1.165, 1.54) is 12.8 Å². The minimum Gasteiger partial charge on any atom is -0.368 e. The van der Waals surface area contributed by atoms with Crippen LogP contribution >= 0.6 is 27.5 Å². The van der Waals surface area contributed by atoms with E-state index in [-0.39, 0.29) is 6.10 Å². The predicted molar refractivity (Wildman–Crippen MR) is 82.1 cm³/mol. The van der Waals surface area contributed by atoms with Gasteiger partial charge in [0.25, 0.3) is 0 Å². The third-order valence-corrected chi connectivity index (χ3v) is 5.22. The number of hydrogen-bond acceptors (Lipinski definition) is 4. The highest BCUT2D eigenvalue weighted by Crippen LogP contribution is 2.44. The van der Waals surface area contributed by atoms with Crippen LogP contribution in [0.25, 0.3) is 0 Å². The van der Waals surface area contributed by atoms with Crippen LogP contribution in [0, 0.1) is 0 Å². The summed E-state index contributed by atoms with van der Waals surface area (Å²) in [6.07, 6.45) is 2.30. The summed E-state index contributed by atoms with van der Waals surface area (Å²) in [5, 5.41) is 0.502. The lowest BCUT2D eigenvalue weighted by molar-refractivity contribution is -0.0443. The quantitative estimate of drug-likeness (QED) is 0.773. The molecule has 110 valence electrons. The van der Waals surface area contributed by atoms with E-state index in [2.05, 4.69) is 39.7 Å². The van der Waals surface area contributed by atoms with Crippen molar-refractivity contribution in [1.82, 2.24) is 14.9 Å². The smallest absolute Gasteiger partial charge is 0.160 e. The molecule has 1 aliphatic carbocycles. The number of halogens is 2. The minimum absolute atomic E-state index is 0.0748. The molecule has 0 aromatic carbocycles. The van der Waals surface area contributed by atoms with Crippen molar-refractivity contribution in [1.29, 1.82) is 0 Å². The molecule has 2 aliphatic rings. The lowest BCUT2D eigenvalue weighted by Crippen LogP contribution is -2.42. The predicted octanol–water partition coefficient (Wildman–Crippen LogP) is 3.55. The van der Waals surface area contributed by atoms with Gasteiger partial charge in [-0.15, -0.1) is 0 Å². The zero-order valence-electron chi connectivity index (χ0n) is 11.8. The van der Waals surface area contributed by atoms with E-state index < -0.39 is 0 Å². The first-order valence-corrected chi connectivity index (χ1v) is 8.32. The monoisotopic (exact) mass is 359 g/mol. The van der Waals surface area contributed by atoms with Crippen molar-refractivity contribution >= 4 is 27.5 Å². The van der Waals surface area contributed by atoms with Crippen LogP contribution in [0.2, 0.25) is 5.15 Å². The van der Waals surface area contributed by atoms with Gasteiger partial charge in [0, 0.05) is 25.0 Å². The maximum absolute atomic E-state index is 6.24. The molecular formula is C14H19BrClN3O. The first kappa shape index (κ1) is 14.7. The van der Waals surface area contributed by atoms with Gasteiger partial charge in [0.2, 0.25) is 0 Å². The molecule has 1 aromatic rings. The molecule has 0 N–H and O–H groups in total. The maximum Gasteiger partial charge on any atom is 0.160 e. The van der Waals surface area contributed by atoms with Gasteiger partial charge in [-0.2, -0.15) is 0 Å². The fourth-order valence-corrected chi connectivity index (χ4v) is 3.20. The second kappa shape index (κ2) is 5.87. The van der Waals surface area contributed by atoms with E-state index in [1.54, 1.807) is 0 Å². The topological polar surface area (TPSA) is 38.2 Å². The molecular weight excluding hydrogens is 342 g/mol. The third-order valence-electron chi connectivity index (χ3n) is 3.93. The SMILES string of the molecule is CC(C)N1CCOC(c2nc(Cl)c(Br)c(C3CC3)n2)C1. The van der Waals surface area contributed by atoms with Crippen LogP contribution in [0.5, 0.6) is 0 Å². The van der Waals surface area contributed by atoms with Gasteiger partial charge in [0.15, 0.2) is 5.82 Å². The summed E-state index contributed by atoms with van der Waals surface area (Å²) in [6.45, 7) is 6.92. The van der Waals surface area contributed by atoms with Crippen molar-refractivity contribution in [2.45, 2.75) is 44.8 Å². The summed E-state index contributed by atoms with van der Waals surface area (Å²) in [5.41, 5.74) is 1.05. The molecule has 0 spiro atoms. The maximum atomic E-state index is 6.24. The lowest BCUT2D eigenvalue weighted by atomic mass is 10.2. The van der Waals surface area contributed by atoms with E-state index in [9.17, 15) is 0 Å². The molecule has 1 unspecified atom stereocenters. The fraction of sp³-hybridized carbons (Fsp3) is 0.714. The van der Waals surface area contributed by atoms with Gasteiger partial charge in [-0.3, -0.25) is 4.90 Å². The molecule has 1 saturated heterocycles. The van der Waals surface area contributed by atoms with Gasteiger partial charge in [-0.25, -0.2) is 9.97 Å². The Hall–Kier alpha value is -0.230. The van der Waals surface area contributed by atoms with E-state index in [4.69, 9.17) is 21.3 Å².